The highest BCUT2D eigenvalue weighted by Crippen LogP contribution is 2.50. The summed E-state index contributed by atoms with van der Waals surface area (Å²) in [5.41, 5.74) is 5.64. The third-order valence-electron chi connectivity index (χ3n) is 10.4. The van der Waals surface area contributed by atoms with Gasteiger partial charge in [0.05, 0.1) is 60.4 Å². The predicted octanol–water partition coefficient (Wildman–Crippen LogP) is 13.8. The summed E-state index contributed by atoms with van der Waals surface area (Å²) in [7, 11) is 0. The van der Waals surface area contributed by atoms with Crippen LogP contribution in [-0.4, -0.2) is 39.6 Å². The molecule has 4 aromatic carbocycles. The molecule has 0 aliphatic carbocycles. The molecule has 0 radical (unpaired) electrons. The molecule has 0 fully saturated rings. The van der Waals surface area contributed by atoms with E-state index in [2.05, 4.69) is 73.7 Å². The van der Waals surface area contributed by atoms with Gasteiger partial charge >= 0.3 is 0 Å². The number of nitro groups is 4. The SMILES string of the molecule is O=[N+]([O-])c1cccc(-c2c3nc(c(-c4cccc([N+](=O)[O-])c4)c4ccc([nH]4)c(-c4cccc([N+](=O)[O-])c4)c4nc(c(-c5cccc([N+](=O)[O-])c5)c5ccc2[nH]5)C(Br)=C4Br)C(Br)=C3Br)c1. The molecule has 8 bridgehead atoms. The highest BCUT2D eigenvalue weighted by atomic mass is 79.9. The summed E-state index contributed by atoms with van der Waals surface area (Å²) in [6, 6.07) is 31.2. The fourth-order valence-corrected chi connectivity index (χ4v) is 9.55. The van der Waals surface area contributed by atoms with Crippen LogP contribution in [0, 0.1) is 40.5 Å². The van der Waals surface area contributed by atoms with Crippen molar-refractivity contribution in [1.29, 1.82) is 0 Å². The Bertz CT molecular complexity index is 3050. The first-order chi connectivity index (χ1) is 30.7. The molecule has 5 heterocycles. The summed E-state index contributed by atoms with van der Waals surface area (Å²) in [6.07, 6.45) is 0. The number of hydrogen-bond acceptors (Lipinski definition) is 10. The molecule has 64 heavy (non-hydrogen) atoms. The zero-order valence-electron chi connectivity index (χ0n) is 32.0. The van der Waals surface area contributed by atoms with Crippen LogP contribution in [0.4, 0.5) is 22.7 Å². The fraction of sp³-hybridized carbons (Fsp3) is 0. The molecular formula is C44H22Br4N8O8. The van der Waals surface area contributed by atoms with Crippen LogP contribution >= 0.6 is 63.7 Å². The average molecular weight is 1110 g/mol. The van der Waals surface area contributed by atoms with Crippen molar-refractivity contribution in [3.63, 3.8) is 0 Å². The van der Waals surface area contributed by atoms with E-state index in [0.717, 1.165) is 0 Å². The summed E-state index contributed by atoms with van der Waals surface area (Å²) in [5, 5.41) is 48.6. The lowest BCUT2D eigenvalue weighted by molar-refractivity contribution is -0.385. The molecular weight excluding hydrogens is 1090 g/mol. The van der Waals surface area contributed by atoms with Crippen molar-refractivity contribution >= 4 is 126 Å². The fourth-order valence-electron chi connectivity index (χ4n) is 7.65. The van der Waals surface area contributed by atoms with Crippen LogP contribution in [0.3, 0.4) is 0 Å². The van der Waals surface area contributed by atoms with Crippen molar-refractivity contribution < 1.29 is 19.7 Å². The van der Waals surface area contributed by atoms with Crippen LogP contribution in [0.15, 0.2) is 121 Å². The quantitative estimate of drug-likeness (QED) is 0.108. The Morgan fingerprint density at radius 3 is 0.781 bits per heavy atom. The third-order valence-corrected chi connectivity index (χ3v) is 14.6. The molecule has 0 amide bonds. The van der Waals surface area contributed by atoms with Crippen LogP contribution in [-0.2, 0) is 0 Å². The molecule has 7 aromatic rings. The van der Waals surface area contributed by atoms with Crippen molar-refractivity contribution in [1.82, 2.24) is 19.9 Å². The third kappa shape index (κ3) is 7.42. The van der Waals surface area contributed by atoms with E-state index in [1.54, 1.807) is 72.8 Å². The molecule has 314 valence electrons. The number of halogens is 4. The largest absolute Gasteiger partial charge is 0.354 e. The van der Waals surface area contributed by atoms with Gasteiger partial charge in [0.15, 0.2) is 0 Å². The first-order valence-corrected chi connectivity index (χ1v) is 21.8. The van der Waals surface area contributed by atoms with E-state index in [1.165, 1.54) is 48.5 Å². The molecule has 20 heteroatoms. The lowest BCUT2D eigenvalue weighted by atomic mass is 10.0. The zero-order chi connectivity index (χ0) is 45.1. The number of non-ortho nitro benzene ring substituents is 4. The molecule has 2 aliphatic rings. The topological polar surface area (TPSA) is 230 Å². The van der Waals surface area contributed by atoms with Crippen LogP contribution in [0.5, 0.6) is 0 Å². The van der Waals surface area contributed by atoms with E-state index in [-0.39, 0.29) is 22.7 Å². The maximum atomic E-state index is 12.1. The molecule has 0 spiro atoms. The smallest absolute Gasteiger partial charge is 0.270 e. The number of nitrogens with one attached hydrogen (secondary N) is 2. The second-order valence-electron chi connectivity index (χ2n) is 14.2. The molecule has 2 aliphatic heterocycles. The minimum Gasteiger partial charge on any atom is -0.354 e. The monoisotopic (exact) mass is 1110 g/mol. The Kier molecular flexibility index (Phi) is 11.0. The minimum atomic E-state index is -0.507. The molecule has 2 N–H and O–H groups in total. The van der Waals surface area contributed by atoms with Gasteiger partial charge in [-0.2, -0.15) is 0 Å². The predicted molar refractivity (Wildman–Crippen MR) is 259 cm³/mol. The summed E-state index contributed by atoms with van der Waals surface area (Å²) in [6.45, 7) is 0. The number of benzene rings is 4. The number of H-pyrrole nitrogens is 2. The van der Waals surface area contributed by atoms with Crippen molar-refractivity contribution in [2.75, 3.05) is 0 Å². The summed E-state index contributed by atoms with van der Waals surface area (Å²) >= 11 is 15.0. The molecule has 16 nitrogen and oxygen atoms in total. The van der Waals surface area contributed by atoms with Gasteiger partial charge in [-0.05, 0) is 110 Å². The van der Waals surface area contributed by atoms with E-state index in [1.807, 2.05) is 0 Å². The van der Waals surface area contributed by atoms with Gasteiger partial charge in [0.25, 0.3) is 22.7 Å². The Morgan fingerprint density at radius 1 is 0.359 bits per heavy atom. The Labute approximate surface area is 392 Å². The van der Waals surface area contributed by atoms with Crippen molar-refractivity contribution in [3.05, 3.63) is 185 Å². The van der Waals surface area contributed by atoms with E-state index >= 15 is 0 Å². The lowest BCUT2D eigenvalue weighted by Crippen LogP contribution is -1.93. The van der Waals surface area contributed by atoms with Gasteiger partial charge in [-0.15, -0.1) is 0 Å². The molecule has 0 atom stereocenters. The van der Waals surface area contributed by atoms with Crippen molar-refractivity contribution in [2.24, 2.45) is 0 Å². The van der Waals surface area contributed by atoms with E-state index in [4.69, 9.17) is 9.97 Å². The van der Waals surface area contributed by atoms with Crippen LogP contribution < -0.4 is 0 Å². The highest BCUT2D eigenvalue weighted by molar-refractivity contribution is 9.18. The van der Waals surface area contributed by atoms with Gasteiger partial charge < -0.3 is 9.97 Å². The van der Waals surface area contributed by atoms with E-state index < -0.39 is 19.7 Å². The van der Waals surface area contributed by atoms with Gasteiger partial charge in [0.2, 0.25) is 0 Å². The zero-order valence-corrected chi connectivity index (χ0v) is 38.4. The molecule has 3 aromatic heterocycles. The normalized spacial score (nSPS) is 12.4. The van der Waals surface area contributed by atoms with Crippen LogP contribution in [0.1, 0.15) is 22.8 Å². The molecule has 9 rings (SSSR count). The van der Waals surface area contributed by atoms with E-state index in [9.17, 15) is 40.5 Å². The summed E-state index contributed by atoms with van der Waals surface area (Å²) in [4.78, 5) is 63.8. The second kappa shape index (κ2) is 16.6. The Morgan fingerprint density at radius 2 is 0.578 bits per heavy atom. The first kappa shape index (κ1) is 42.3. The second-order valence-corrected chi connectivity index (χ2v) is 17.3. The molecule has 0 saturated heterocycles. The maximum absolute atomic E-state index is 12.1. The average Bonchev–Trinajstić information content (AvgIpc) is 4.08. The standard InChI is InChI=1S/C44H22Br4N8O8/c45-37-38(46)42-35(23-7-3-11-27(19-23)55(61)62)31-15-16-32(50-31)36(24-8-4-12-28(20-24)56(63)64)44-40(48)39(47)43(52-44)34(22-6-2-10-26(18-22)54(59)60)30-14-13-29(49-30)33(41(37)51-42)21-5-1-9-25(17-21)53(57)58/h1-20,49-50H. The van der Waals surface area contributed by atoms with E-state index in [0.29, 0.717) is 107 Å². The number of aromatic nitrogens is 4. The minimum absolute atomic E-state index is 0.185. The Balaban J connectivity index is 1.55. The number of rotatable bonds is 8. The molecule has 0 saturated carbocycles. The van der Waals surface area contributed by atoms with Crippen LogP contribution in [0.2, 0.25) is 0 Å². The lowest BCUT2D eigenvalue weighted by Gasteiger charge is -2.08. The number of nitro benzene ring substituents is 4. The Hall–Kier alpha value is -7.00. The summed E-state index contributed by atoms with van der Waals surface area (Å²) < 4.78 is 1.78. The maximum Gasteiger partial charge on any atom is 0.270 e. The number of aromatic amines is 2. The van der Waals surface area contributed by atoms with Gasteiger partial charge in [-0.1, -0.05) is 48.5 Å². The van der Waals surface area contributed by atoms with Gasteiger partial charge in [0.1, 0.15) is 0 Å². The van der Waals surface area contributed by atoms with Gasteiger partial charge in [-0.25, -0.2) is 9.97 Å². The molecule has 0 unspecified atom stereocenters. The van der Waals surface area contributed by atoms with Gasteiger partial charge in [0, 0.05) is 92.9 Å². The van der Waals surface area contributed by atoms with Crippen LogP contribution in [0.25, 0.3) is 84.5 Å². The van der Waals surface area contributed by atoms with Crippen molar-refractivity contribution in [2.45, 2.75) is 0 Å². The van der Waals surface area contributed by atoms with Gasteiger partial charge in [-0.3, -0.25) is 40.5 Å². The van der Waals surface area contributed by atoms with Crippen molar-refractivity contribution in [3.8, 4) is 44.5 Å². The number of fused-ring (bicyclic) bond motifs is 8. The highest BCUT2D eigenvalue weighted by Gasteiger charge is 2.29. The number of hydrogen-bond donors (Lipinski definition) is 2. The summed E-state index contributed by atoms with van der Waals surface area (Å²) in [5.74, 6) is 0. The number of nitrogens with zero attached hydrogens (tertiary/aromatic N) is 6. The first-order valence-electron chi connectivity index (χ1n) is 18.6.